The van der Waals surface area contributed by atoms with Crippen molar-refractivity contribution in [2.45, 2.75) is 109 Å². The predicted molar refractivity (Wildman–Crippen MR) is 141 cm³/mol. The van der Waals surface area contributed by atoms with Crippen LogP contribution < -0.4 is 10.6 Å². The number of fused-ring (bicyclic) bond motifs is 1. The van der Waals surface area contributed by atoms with Crippen LogP contribution in [0.3, 0.4) is 0 Å². The second-order valence-electron chi connectivity index (χ2n) is 13.2. The fourth-order valence-corrected chi connectivity index (χ4v) is 9.58. The van der Waals surface area contributed by atoms with Crippen molar-refractivity contribution in [2.24, 2.45) is 29.1 Å². The molecule has 3 N–H and O–H groups in total. The maximum atomic E-state index is 14.2. The molecule has 2 bridgehead atoms. The van der Waals surface area contributed by atoms with E-state index in [-0.39, 0.29) is 46.8 Å². The molecule has 0 saturated carbocycles. The van der Waals surface area contributed by atoms with E-state index in [1.165, 1.54) is 0 Å². The van der Waals surface area contributed by atoms with Crippen LogP contribution in [0.5, 0.6) is 0 Å². The average molecular weight is 510 g/mol. The van der Waals surface area contributed by atoms with E-state index >= 15 is 0 Å². The topological polar surface area (TPSA) is 98.7 Å². The molecule has 0 radical (unpaired) electrons. The molecule has 3 unspecified atom stereocenters. The Hall–Kier alpha value is -1.28. The van der Waals surface area contributed by atoms with Gasteiger partial charge in [-0.2, -0.15) is 0 Å². The summed E-state index contributed by atoms with van der Waals surface area (Å²) in [5, 5.41) is 16.7. The molecular formula is C27H47N3O4S. The maximum absolute atomic E-state index is 14.2. The van der Waals surface area contributed by atoms with E-state index < -0.39 is 34.2 Å². The fraction of sp³-hybridized carbons (Fsp3) is 0.889. The van der Waals surface area contributed by atoms with Crippen LogP contribution in [0.15, 0.2) is 0 Å². The SMILES string of the molecule is CCCNC(=O)[C@@H]1[C@H]2C(=O)N([C@@H](CO)C(C)C)C(C(=O)NC(C)(C)CC(C)(C)C)C23S[C@@H]1CC3C. The van der Waals surface area contributed by atoms with E-state index in [2.05, 4.69) is 38.3 Å². The largest absolute Gasteiger partial charge is 0.394 e. The third-order valence-electron chi connectivity index (χ3n) is 8.03. The van der Waals surface area contributed by atoms with Gasteiger partial charge in [0, 0.05) is 17.3 Å². The summed E-state index contributed by atoms with van der Waals surface area (Å²) in [5.74, 6) is -1.29. The van der Waals surface area contributed by atoms with E-state index in [4.69, 9.17) is 0 Å². The third-order valence-corrected chi connectivity index (χ3v) is 10.1. The van der Waals surface area contributed by atoms with Crippen LogP contribution in [-0.4, -0.2) is 68.5 Å². The van der Waals surface area contributed by atoms with Gasteiger partial charge in [-0.1, -0.05) is 48.5 Å². The second kappa shape index (κ2) is 9.88. The van der Waals surface area contributed by atoms with Gasteiger partial charge in [0.25, 0.3) is 0 Å². The maximum Gasteiger partial charge on any atom is 0.244 e. The molecule has 3 aliphatic heterocycles. The highest BCUT2D eigenvalue weighted by molar-refractivity contribution is 8.02. The quantitative estimate of drug-likeness (QED) is 0.443. The van der Waals surface area contributed by atoms with Gasteiger partial charge in [-0.15, -0.1) is 11.8 Å². The molecule has 3 saturated heterocycles. The van der Waals surface area contributed by atoms with Gasteiger partial charge in [-0.25, -0.2) is 0 Å². The third kappa shape index (κ3) is 4.98. The molecule has 0 aromatic rings. The van der Waals surface area contributed by atoms with Gasteiger partial charge in [0.15, 0.2) is 0 Å². The highest BCUT2D eigenvalue weighted by Gasteiger charge is 2.76. The lowest BCUT2D eigenvalue weighted by atomic mass is 9.65. The molecule has 3 rings (SSSR count). The summed E-state index contributed by atoms with van der Waals surface area (Å²) in [6, 6.07) is -1.19. The Kier molecular flexibility index (Phi) is 7.99. The number of carbonyl (C=O) groups is 3. The smallest absolute Gasteiger partial charge is 0.244 e. The molecule has 7 nitrogen and oxygen atoms in total. The number of thioether (sulfide) groups is 1. The van der Waals surface area contributed by atoms with Gasteiger partial charge in [0.2, 0.25) is 17.7 Å². The molecule has 0 aromatic heterocycles. The molecule has 8 heteroatoms. The van der Waals surface area contributed by atoms with Crippen molar-refractivity contribution in [1.82, 2.24) is 15.5 Å². The number of rotatable bonds is 9. The van der Waals surface area contributed by atoms with Gasteiger partial charge >= 0.3 is 0 Å². The Balaban J connectivity index is 2.06. The summed E-state index contributed by atoms with van der Waals surface area (Å²) in [6.07, 6.45) is 2.42. The number of hydrogen-bond donors (Lipinski definition) is 3. The van der Waals surface area contributed by atoms with Crippen LogP contribution in [0.1, 0.15) is 81.6 Å². The minimum Gasteiger partial charge on any atom is -0.394 e. The van der Waals surface area contributed by atoms with Gasteiger partial charge < -0.3 is 20.6 Å². The number of aliphatic hydroxyl groups is 1. The van der Waals surface area contributed by atoms with Gasteiger partial charge in [0.05, 0.1) is 29.2 Å². The number of amides is 3. The summed E-state index contributed by atoms with van der Waals surface area (Å²) in [4.78, 5) is 43.3. The number of nitrogens with one attached hydrogen (secondary N) is 2. The van der Waals surface area contributed by atoms with Crippen LogP contribution in [0, 0.1) is 29.1 Å². The van der Waals surface area contributed by atoms with Gasteiger partial charge in [0.1, 0.15) is 6.04 Å². The Labute approximate surface area is 215 Å². The van der Waals surface area contributed by atoms with Crippen LogP contribution in [0.2, 0.25) is 0 Å². The number of nitrogens with zero attached hydrogens (tertiary/aromatic N) is 1. The molecule has 200 valence electrons. The Morgan fingerprint density at radius 3 is 2.34 bits per heavy atom. The van der Waals surface area contributed by atoms with Crippen molar-refractivity contribution in [3.05, 3.63) is 0 Å². The molecule has 0 aromatic carbocycles. The van der Waals surface area contributed by atoms with E-state index in [9.17, 15) is 19.5 Å². The van der Waals surface area contributed by atoms with Crippen molar-refractivity contribution in [1.29, 1.82) is 0 Å². The van der Waals surface area contributed by atoms with Gasteiger partial charge in [-0.05, 0) is 50.4 Å². The molecule has 0 aliphatic carbocycles. The molecule has 3 heterocycles. The van der Waals surface area contributed by atoms with Crippen LogP contribution >= 0.6 is 11.8 Å². The van der Waals surface area contributed by atoms with E-state index in [0.717, 1.165) is 19.3 Å². The van der Waals surface area contributed by atoms with Crippen molar-refractivity contribution >= 4 is 29.5 Å². The van der Waals surface area contributed by atoms with Crippen LogP contribution in [-0.2, 0) is 14.4 Å². The van der Waals surface area contributed by atoms with E-state index in [0.29, 0.717) is 6.54 Å². The first kappa shape index (κ1) is 28.3. The minimum absolute atomic E-state index is 0.0185. The molecule has 7 atom stereocenters. The number of likely N-dealkylation sites (tertiary alicyclic amines) is 1. The zero-order chi connectivity index (χ0) is 26.5. The number of aliphatic hydroxyl groups excluding tert-OH is 1. The van der Waals surface area contributed by atoms with Crippen molar-refractivity contribution in [3.8, 4) is 0 Å². The molecule has 3 aliphatic rings. The highest BCUT2D eigenvalue weighted by atomic mass is 32.2. The van der Waals surface area contributed by atoms with Crippen LogP contribution in [0.4, 0.5) is 0 Å². The lowest BCUT2D eigenvalue weighted by Crippen LogP contribution is -2.62. The Morgan fingerprint density at radius 1 is 1.20 bits per heavy atom. The van der Waals surface area contributed by atoms with Gasteiger partial charge in [-0.3, -0.25) is 14.4 Å². The summed E-state index contributed by atoms with van der Waals surface area (Å²) in [6.45, 7) is 19.0. The zero-order valence-corrected chi connectivity index (χ0v) is 23.9. The first-order valence-electron chi connectivity index (χ1n) is 13.3. The molecule has 3 amide bonds. The summed E-state index contributed by atoms with van der Waals surface area (Å²) in [7, 11) is 0. The first-order chi connectivity index (χ1) is 16.1. The molecule has 3 fully saturated rings. The lowest BCUT2D eigenvalue weighted by Gasteiger charge is -2.43. The van der Waals surface area contributed by atoms with Crippen molar-refractivity contribution in [3.63, 3.8) is 0 Å². The normalized spacial score (nSPS) is 33.3. The van der Waals surface area contributed by atoms with E-state index in [1.807, 2.05) is 34.6 Å². The minimum atomic E-state index is -0.715. The van der Waals surface area contributed by atoms with Crippen molar-refractivity contribution in [2.75, 3.05) is 13.2 Å². The second-order valence-corrected chi connectivity index (χ2v) is 14.7. The number of hydrogen-bond acceptors (Lipinski definition) is 5. The monoisotopic (exact) mass is 509 g/mol. The predicted octanol–water partition coefficient (Wildman–Crippen LogP) is 3.20. The molecular weight excluding hydrogens is 462 g/mol. The van der Waals surface area contributed by atoms with Crippen LogP contribution in [0.25, 0.3) is 0 Å². The average Bonchev–Trinajstić information content (AvgIpc) is 3.28. The van der Waals surface area contributed by atoms with E-state index in [1.54, 1.807) is 16.7 Å². The lowest BCUT2D eigenvalue weighted by molar-refractivity contribution is -0.144. The first-order valence-corrected chi connectivity index (χ1v) is 14.2. The fourth-order valence-electron chi connectivity index (χ4n) is 7.17. The standard InChI is InChI=1S/C27H47N3O4S/c1-10-11-28-22(32)19-18-12-16(4)27(35-18)20(19)24(34)30(17(13-31)15(2)3)21(27)23(33)29-26(8,9)14-25(5,6)7/h15-21,31H,10-14H2,1-9H3,(H,28,32)(H,29,33)/t16?,17-,18+,19-,20-,21?,27?/m0/s1. The molecule has 35 heavy (non-hydrogen) atoms. The summed E-state index contributed by atoms with van der Waals surface area (Å²) >= 11 is 1.68. The summed E-state index contributed by atoms with van der Waals surface area (Å²) < 4.78 is -0.666. The zero-order valence-electron chi connectivity index (χ0n) is 23.1. The molecule has 1 spiro atoms. The summed E-state index contributed by atoms with van der Waals surface area (Å²) in [5.41, 5.74) is -0.446. The van der Waals surface area contributed by atoms with Crippen molar-refractivity contribution < 1.29 is 19.5 Å². The Morgan fingerprint density at radius 2 is 1.83 bits per heavy atom. The highest BCUT2D eigenvalue weighted by Crippen LogP contribution is 2.68. The number of carbonyl (C=O) groups excluding carboxylic acids is 3. The Bertz CT molecular complexity index is 839.